The lowest BCUT2D eigenvalue weighted by Crippen LogP contribution is -2.43. The summed E-state index contributed by atoms with van der Waals surface area (Å²) in [6.07, 6.45) is 8.07. The van der Waals surface area contributed by atoms with Crippen molar-refractivity contribution in [2.45, 2.75) is 70.4 Å². The Hall–Kier alpha value is -2.29. The Bertz CT molecular complexity index is 1050. The molecule has 1 aliphatic carbocycles. The molecule has 1 amide bonds. The predicted octanol–water partition coefficient (Wildman–Crippen LogP) is 1.84. The Balaban J connectivity index is 1.65. The fourth-order valence-corrected chi connectivity index (χ4v) is 6.07. The highest BCUT2D eigenvalue weighted by Gasteiger charge is 2.37. The molecule has 1 aromatic rings. The van der Waals surface area contributed by atoms with Gasteiger partial charge in [-0.05, 0) is 43.9 Å². The third-order valence-corrected chi connectivity index (χ3v) is 7.81. The molecule has 4 rings (SSSR count). The average molecular weight is 433 g/mol. The lowest BCUT2D eigenvalue weighted by Gasteiger charge is -2.27. The topological polar surface area (TPSA) is 101 Å². The van der Waals surface area contributed by atoms with E-state index >= 15 is 0 Å². The van der Waals surface area contributed by atoms with Crippen molar-refractivity contribution < 1.29 is 18.0 Å². The second-order valence-electron chi connectivity index (χ2n) is 8.50. The molecule has 3 heterocycles. The monoisotopic (exact) mass is 432 g/mol. The van der Waals surface area contributed by atoms with Gasteiger partial charge in [0.2, 0.25) is 5.91 Å². The van der Waals surface area contributed by atoms with E-state index < -0.39 is 15.9 Å². The number of hydrogen-bond donors (Lipinski definition) is 0. The van der Waals surface area contributed by atoms with Crippen LogP contribution in [-0.2, 0) is 14.6 Å². The molecule has 0 N–H and O–H groups in total. The molecule has 0 bridgehead atoms. The van der Waals surface area contributed by atoms with Crippen LogP contribution in [-0.4, -0.2) is 59.1 Å². The smallest absolute Gasteiger partial charge is 0.273 e. The second-order valence-corrected chi connectivity index (χ2v) is 10.7. The maximum Gasteiger partial charge on any atom is 0.279 e. The van der Waals surface area contributed by atoms with E-state index in [1.165, 1.54) is 16.0 Å². The van der Waals surface area contributed by atoms with Gasteiger partial charge in [-0.3, -0.25) is 19.1 Å². The number of aryl methyl sites for hydroxylation is 1. The Morgan fingerprint density at radius 2 is 1.93 bits per heavy atom. The number of amides is 1. The van der Waals surface area contributed by atoms with E-state index in [1.807, 2.05) is 19.1 Å². The molecule has 2 aliphatic heterocycles. The third kappa shape index (κ3) is 4.55. The number of aromatic nitrogens is 1. The molecular weight excluding hydrogens is 404 g/mol. The molecule has 162 valence electrons. The molecule has 1 unspecified atom stereocenters. The largest absolute Gasteiger partial charge is 0.279 e. The van der Waals surface area contributed by atoms with E-state index in [2.05, 4.69) is 5.10 Å². The minimum atomic E-state index is -3.15. The second kappa shape index (κ2) is 8.45. The van der Waals surface area contributed by atoms with Crippen LogP contribution in [0.1, 0.15) is 61.7 Å². The van der Waals surface area contributed by atoms with E-state index in [0.717, 1.165) is 31.2 Å². The summed E-state index contributed by atoms with van der Waals surface area (Å²) in [5.41, 5.74) is 1.90. The molecule has 1 saturated carbocycles. The average Bonchev–Trinajstić information content (AvgIpc) is 3.08. The molecule has 9 heteroatoms. The summed E-state index contributed by atoms with van der Waals surface area (Å²) in [6.45, 7) is 1.97. The van der Waals surface area contributed by atoms with Gasteiger partial charge in [0.25, 0.3) is 5.91 Å². The Morgan fingerprint density at radius 1 is 1.17 bits per heavy atom. The summed E-state index contributed by atoms with van der Waals surface area (Å²) in [5, 5.41) is 5.55. The van der Waals surface area contributed by atoms with Crippen molar-refractivity contribution in [3.8, 4) is 0 Å². The maximum absolute atomic E-state index is 13.3. The Labute approximate surface area is 176 Å². The first kappa shape index (κ1) is 21.0. The number of sulfone groups is 1. The lowest BCUT2D eigenvalue weighted by molar-refractivity contribution is -0.133. The highest BCUT2D eigenvalue weighted by atomic mass is 32.2. The SMILES string of the molecule is Cc1ccn(C(=O)C2=NN(C3CCS(=O)(=O)C3)C(=O)CC2)c(=NC2CCCCC2)c1. The van der Waals surface area contributed by atoms with E-state index in [1.54, 1.807) is 6.20 Å². The van der Waals surface area contributed by atoms with Crippen LogP contribution in [0.4, 0.5) is 0 Å². The van der Waals surface area contributed by atoms with Gasteiger partial charge in [0.1, 0.15) is 11.2 Å². The van der Waals surface area contributed by atoms with Crippen LogP contribution in [0.5, 0.6) is 0 Å². The number of pyridine rings is 1. The number of carbonyl (C=O) groups is 2. The minimum absolute atomic E-state index is 0.0530. The van der Waals surface area contributed by atoms with Crippen LogP contribution in [0.15, 0.2) is 28.4 Å². The first-order valence-corrected chi connectivity index (χ1v) is 12.5. The van der Waals surface area contributed by atoms with Gasteiger partial charge >= 0.3 is 0 Å². The summed E-state index contributed by atoms with van der Waals surface area (Å²) in [6, 6.07) is 3.49. The zero-order valence-corrected chi connectivity index (χ0v) is 18.1. The maximum atomic E-state index is 13.3. The summed E-state index contributed by atoms with van der Waals surface area (Å²) >= 11 is 0. The molecule has 0 radical (unpaired) electrons. The van der Waals surface area contributed by atoms with Crippen LogP contribution in [0.2, 0.25) is 0 Å². The van der Waals surface area contributed by atoms with Gasteiger partial charge in [-0.2, -0.15) is 5.10 Å². The van der Waals surface area contributed by atoms with E-state index in [-0.39, 0.29) is 47.9 Å². The first-order valence-electron chi connectivity index (χ1n) is 10.7. The third-order valence-electron chi connectivity index (χ3n) is 6.06. The number of rotatable bonds is 3. The van der Waals surface area contributed by atoms with Crippen molar-refractivity contribution in [3.05, 3.63) is 29.4 Å². The molecule has 1 saturated heterocycles. The van der Waals surface area contributed by atoms with Crippen molar-refractivity contribution in [1.82, 2.24) is 9.58 Å². The van der Waals surface area contributed by atoms with Crippen molar-refractivity contribution in [3.63, 3.8) is 0 Å². The highest BCUT2D eigenvalue weighted by Crippen LogP contribution is 2.23. The number of nitrogens with zero attached hydrogens (tertiary/aromatic N) is 4. The van der Waals surface area contributed by atoms with Crippen molar-refractivity contribution in [2.24, 2.45) is 10.1 Å². The van der Waals surface area contributed by atoms with Crippen LogP contribution in [0.25, 0.3) is 0 Å². The predicted molar refractivity (Wildman–Crippen MR) is 113 cm³/mol. The number of hydrogen-bond acceptors (Lipinski definition) is 6. The zero-order valence-electron chi connectivity index (χ0n) is 17.3. The molecular formula is C21H28N4O4S. The highest BCUT2D eigenvalue weighted by molar-refractivity contribution is 7.91. The molecule has 2 fully saturated rings. The van der Waals surface area contributed by atoms with Crippen LogP contribution >= 0.6 is 0 Å². The molecule has 0 spiro atoms. The lowest BCUT2D eigenvalue weighted by atomic mass is 9.96. The van der Waals surface area contributed by atoms with Crippen LogP contribution < -0.4 is 5.49 Å². The van der Waals surface area contributed by atoms with Crippen molar-refractivity contribution >= 4 is 27.4 Å². The summed E-state index contributed by atoms with van der Waals surface area (Å²) in [7, 11) is -3.15. The van der Waals surface area contributed by atoms with Crippen molar-refractivity contribution in [2.75, 3.05) is 11.5 Å². The minimum Gasteiger partial charge on any atom is -0.273 e. The summed E-state index contributed by atoms with van der Waals surface area (Å²) in [4.78, 5) is 30.5. The van der Waals surface area contributed by atoms with Gasteiger partial charge in [0, 0.05) is 19.0 Å². The van der Waals surface area contributed by atoms with Crippen LogP contribution in [0, 0.1) is 6.92 Å². The summed E-state index contributed by atoms with van der Waals surface area (Å²) in [5.74, 6) is -0.571. The number of carbonyl (C=O) groups excluding carboxylic acids is 2. The molecule has 30 heavy (non-hydrogen) atoms. The Morgan fingerprint density at radius 3 is 2.63 bits per heavy atom. The van der Waals surface area contributed by atoms with E-state index in [4.69, 9.17) is 4.99 Å². The molecule has 0 aromatic carbocycles. The molecule has 3 aliphatic rings. The van der Waals surface area contributed by atoms with E-state index in [9.17, 15) is 18.0 Å². The van der Waals surface area contributed by atoms with E-state index in [0.29, 0.717) is 11.9 Å². The summed E-state index contributed by atoms with van der Waals surface area (Å²) < 4.78 is 25.2. The van der Waals surface area contributed by atoms with Gasteiger partial charge in [-0.25, -0.2) is 13.4 Å². The Kier molecular flexibility index (Phi) is 5.90. The standard InChI is InChI=1S/C21H28N4O4S/c1-15-9-11-24(19(13-15)22-16-5-3-2-4-6-16)21(27)18-7-8-20(26)25(23-18)17-10-12-30(28,29)14-17/h9,11,13,16-17H,2-8,10,12,14H2,1H3. The number of hydrazone groups is 1. The van der Waals surface area contributed by atoms with Gasteiger partial charge in [-0.15, -0.1) is 0 Å². The van der Waals surface area contributed by atoms with Gasteiger partial charge in [0.15, 0.2) is 9.84 Å². The quantitative estimate of drug-likeness (QED) is 0.727. The zero-order chi connectivity index (χ0) is 21.3. The van der Waals surface area contributed by atoms with Gasteiger partial charge in [0.05, 0.1) is 23.6 Å². The van der Waals surface area contributed by atoms with Gasteiger partial charge in [-0.1, -0.05) is 19.3 Å². The molecule has 1 aromatic heterocycles. The van der Waals surface area contributed by atoms with Gasteiger partial charge < -0.3 is 0 Å². The normalized spacial score (nSPS) is 25.4. The van der Waals surface area contributed by atoms with Crippen molar-refractivity contribution in [1.29, 1.82) is 0 Å². The molecule has 8 nitrogen and oxygen atoms in total. The fraction of sp³-hybridized carbons (Fsp3) is 0.619. The molecule has 1 atom stereocenters. The van der Waals surface area contributed by atoms with Crippen LogP contribution in [0.3, 0.4) is 0 Å². The fourth-order valence-electron chi connectivity index (χ4n) is 4.38. The first-order chi connectivity index (χ1) is 14.3.